The molecule has 2 heteroatoms. The summed E-state index contributed by atoms with van der Waals surface area (Å²) in [5, 5.41) is 7.73. The molecule has 0 unspecified atom stereocenters. The maximum atomic E-state index is 5.54. The molecule has 0 aliphatic heterocycles. The Morgan fingerprint density at radius 3 is 1.93 bits per heavy atom. The van der Waals surface area contributed by atoms with Crippen LogP contribution < -0.4 is 0 Å². The number of benzene rings is 6. The Balaban J connectivity index is 1.40. The molecule has 2 aromatic heterocycles. The molecule has 8 aromatic rings. The molecule has 0 radical (unpaired) electrons. The van der Waals surface area contributed by atoms with Crippen LogP contribution in [0.1, 0.15) is 25.0 Å². The average Bonchev–Trinajstić information content (AvgIpc) is 3.31. The van der Waals surface area contributed by atoms with E-state index >= 15 is 0 Å². The number of fused-ring (bicyclic) bond motifs is 5. The summed E-state index contributed by atoms with van der Waals surface area (Å²) in [5.41, 5.74) is 12.5. The molecule has 0 bridgehead atoms. The van der Waals surface area contributed by atoms with Gasteiger partial charge in [-0.2, -0.15) is 0 Å². The summed E-state index contributed by atoms with van der Waals surface area (Å²) in [6, 6.07) is 44.8. The summed E-state index contributed by atoms with van der Waals surface area (Å²) >= 11 is 0. The van der Waals surface area contributed by atoms with Crippen LogP contribution in [0.15, 0.2) is 121 Å². The predicted octanol–water partition coefficient (Wildman–Crippen LogP) is 10.4. The third-order valence-corrected chi connectivity index (χ3v) is 9.91. The van der Waals surface area contributed by atoms with E-state index in [-0.39, 0.29) is 5.41 Å². The quantitative estimate of drug-likeness (QED) is 0.205. The molecule has 0 fully saturated rings. The lowest BCUT2D eigenvalue weighted by molar-refractivity contribution is 0.644. The molecular formula is C40H26N2. The van der Waals surface area contributed by atoms with Gasteiger partial charge in [-0.3, -0.25) is 4.57 Å². The molecule has 42 heavy (non-hydrogen) atoms. The van der Waals surface area contributed by atoms with E-state index in [0.717, 1.165) is 11.5 Å². The van der Waals surface area contributed by atoms with Gasteiger partial charge in [0.15, 0.2) is 0 Å². The van der Waals surface area contributed by atoms with Crippen molar-refractivity contribution in [3.63, 3.8) is 0 Å². The van der Waals surface area contributed by atoms with Crippen molar-refractivity contribution in [1.82, 2.24) is 9.55 Å². The van der Waals surface area contributed by atoms with E-state index in [4.69, 9.17) is 4.98 Å². The first kappa shape index (κ1) is 22.5. The summed E-state index contributed by atoms with van der Waals surface area (Å²) in [5.74, 6) is 0.965. The van der Waals surface area contributed by atoms with Gasteiger partial charge in [0.25, 0.3) is 0 Å². The van der Waals surface area contributed by atoms with Crippen molar-refractivity contribution in [1.29, 1.82) is 0 Å². The van der Waals surface area contributed by atoms with Crippen LogP contribution >= 0.6 is 0 Å². The van der Waals surface area contributed by atoms with Gasteiger partial charge in [-0.15, -0.1) is 0 Å². The van der Waals surface area contributed by atoms with Crippen LogP contribution in [0.2, 0.25) is 0 Å². The van der Waals surface area contributed by atoms with Crippen LogP contribution in [0.5, 0.6) is 0 Å². The molecule has 0 saturated heterocycles. The lowest BCUT2D eigenvalue weighted by Crippen LogP contribution is -2.24. The molecule has 6 aromatic carbocycles. The minimum absolute atomic E-state index is 0.0895. The van der Waals surface area contributed by atoms with E-state index in [0.29, 0.717) is 0 Å². The van der Waals surface area contributed by atoms with E-state index < -0.39 is 0 Å². The van der Waals surface area contributed by atoms with Crippen molar-refractivity contribution < 1.29 is 0 Å². The smallest absolute Gasteiger partial charge is 0.138 e. The lowest BCUT2D eigenvalue weighted by Gasteiger charge is -2.34. The first-order valence-corrected chi connectivity index (χ1v) is 14.7. The highest BCUT2D eigenvalue weighted by molar-refractivity contribution is 6.30. The number of aromatic nitrogens is 2. The number of hydrogen-bond acceptors (Lipinski definition) is 1. The van der Waals surface area contributed by atoms with Gasteiger partial charge < -0.3 is 0 Å². The topological polar surface area (TPSA) is 17.8 Å². The van der Waals surface area contributed by atoms with Gasteiger partial charge in [0, 0.05) is 27.1 Å². The third-order valence-electron chi connectivity index (χ3n) is 9.91. The summed E-state index contributed by atoms with van der Waals surface area (Å²) < 4.78 is 2.41. The summed E-state index contributed by atoms with van der Waals surface area (Å²) in [4.78, 5) is 5.54. The molecule has 0 atom stereocenters. The van der Waals surface area contributed by atoms with Crippen molar-refractivity contribution in [2.45, 2.75) is 19.3 Å². The SMILES string of the molecule is CC1(C)c2ccccc2-c2nc(-n3c4cccc5c4c4c6c(cccc6ccc43)-c3ccccc3-5)cc3cccc1c23. The van der Waals surface area contributed by atoms with Crippen LogP contribution in [-0.4, -0.2) is 9.55 Å². The minimum atomic E-state index is -0.0895. The van der Waals surface area contributed by atoms with E-state index in [1.165, 1.54) is 82.3 Å². The van der Waals surface area contributed by atoms with Gasteiger partial charge in [0.05, 0.1) is 16.7 Å². The Kier molecular flexibility index (Phi) is 4.04. The Labute approximate surface area is 243 Å². The van der Waals surface area contributed by atoms with Crippen molar-refractivity contribution in [3.05, 3.63) is 132 Å². The first-order chi connectivity index (χ1) is 20.6. The van der Waals surface area contributed by atoms with Gasteiger partial charge >= 0.3 is 0 Å². The fourth-order valence-electron chi connectivity index (χ4n) is 8.08. The number of pyridine rings is 1. The van der Waals surface area contributed by atoms with E-state index in [9.17, 15) is 0 Å². The Bertz CT molecular complexity index is 2490. The first-order valence-electron chi connectivity index (χ1n) is 14.7. The molecule has 0 N–H and O–H groups in total. The largest absolute Gasteiger partial charge is 0.294 e. The third kappa shape index (κ3) is 2.59. The normalized spacial score (nSPS) is 14.1. The second-order valence-electron chi connectivity index (χ2n) is 12.3. The van der Waals surface area contributed by atoms with Gasteiger partial charge in [-0.25, -0.2) is 4.98 Å². The maximum absolute atomic E-state index is 5.54. The second kappa shape index (κ2) is 7.54. The van der Waals surface area contributed by atoms with Crippen LogP contribution in [0.3, 0.4) is 0 Å². The Morgan fingerprint density at radius 2 is 1.10 bits per heavy atom. The zero-order chi connectivity index (χ0) is 27.7. The van der Waals surface area contributed by atoms with Crippen LogP contribution in [-0.2, 0) is 5.41 Å². The van der Waals surface area contributed by atoms with Crippen LogP contribution in [0, 0.1) is 0 Å². The molecule has 0 spiro atoms. The fourth-order valence-corrected chi connectivity index (χ4v) is 8.08. The van der Waals surface area contributed by atoms with Gasteiger partial charge in [-0.05, 0) is 67.7 Å². The highest BCUT2D eigenvalue weighted by Crippen LogP contribution is 2.51. The molecule has 2 nitrogen and oxygen atoms in total. The number of nitrogens with zero attached hydrogens (tertiary/aromatic N) is 2. The monoisotopic (exact) mass is 534 g/mol. The molecule has 10 rings (SSSR count). The van der Waals surface area contributed by atoms with Crippen molar-refractivity contribution in [2.24, 2.45) is 0 Å². The number of rotatable bonds is 1. The zero-order valence-electron chi connectivity index (χ0n) is 23.4. The van der Waals surface area contributed by atoms with Gasteiger partial charge in [0.1, 0.15) is 5.82 Å². The standard InChI is InChI=1S/C40H26N2/c1-40(2)30-17-6-5-14-29(30)39-36-24(11-8-18-31(36)40)22-34(41-39)42-32-19-9-16-28-26-13-4-3-12-25(26)27-15-7-10-23-20-21-33(42)38(35(23)27)37(28)32/h3-22H,1-2H3. The molecule has 2 aliphatic carbocycles. The molecule has 2 heterocycles. The van der Waals surface area contributed by atoms with E-state index in [1.807, 2.05) is 0 Å². The molecule has 196 valence electrons. The molecular weight excluding hydrogens is 508 g/mol. The molecule has 2 aliphatic rings. The molecule has 0 amide bonds. The van der Waals surface area contributed by atoms with Crippen molar-refractivity contribution >= 4 is 43.4 Å². The predicted molar refractivity (Wildman–Crippen MR) is 176 cm³/mol. The lowest BCUT2D eigenvalue weighted by atomic mass is 9.70. The highest BCUT2D eigenvalue weighted by atomic mass is 15.1. The maximum Gasteiger partial charge on any atom is 0.138 e. The van der Waals surface area contributed by atoms with Crippen LogP contribution in [0.25, 0.3) is 82.7 Å². The summed E-state index contributed by atoms with van der Waals surface area (Å²) in [6.45, 7) is 4.68. The average molecular weight is 535 g/mol. The van der Waals surface area contributed by atoms with Crippen molar-refractivity contribution in [3.8, 4) is 39.3 Å². The molecule has 0 saturated carbocycles. The van der Waals surface area contributed by atoms with Gasteiger partial charge in [0.2, 0.25) is 0 Å². The summed E-state index contributed by atoms with van der Waals surface area (Å²) in [6.07, 6.45) is 0. The zero-order valence-corrected chi connectivity index (χ0v) is 23.4. The Morgan fingerprint density at radius 1 is 0.476 bits per heavy atom. The highest BCUT2D eigenvalue weighted by Gasteiger charge is 2.34. The van der Waals surface area contributed by atoms with Gasteiger partial charge in [-0.1, -0.05) is 117 Å². The van der Waals surface area contributed by atoms with Crippen molar-refractivity contribution in [2.75, 3.05) is 0 Å². The van der Waals surface area contributed by atoms with Crippen LogP contribution in [0.4, 0.5) is 0 Å². The minimum Gasteiger partial charge on any atom is -0.294 e. The van der Waals surface area contributed by atoms with E-state index in [2.05, 4.69) is 140 Å². The van der Waals surface area contributed by atoms with E-state index in [1.54, 1.807) is 0 Å². The second-order valence-corrected chi connectivity index (χ2v) is 12.3. The fraction of sp³-hybridized carbons (Fsp3) is 0.0750. The number of hydrogen-bond donors (Lipinski definition) is 0. The summed E-state index contributed by atoms with van der Waals surface area (Å²) in [7, 11) is 0. The Hall–Kier alpha value is -5.21.